The summed E-state index contributed by atoms with van der Waals surface area (Å²) in [6.07, 6.45) is -6.07. The Hall–Kier alpha value is -2.49. The SMILES string of the molecule is COc1cc(C(F)(F)F)c(Cc2cc3ccccc3s2)cc1C1CC(O)CC(CN=O)O1. The van der Waals surface area contributed by atoms with Crippen molar-refractivity contribution in [3.8, 4) is 5.75 Å². The molecule has 5 nitrogen and oxygen atoms in total. The molecule has 0 aliphatic carbocycles. The second-order valence-corrected chi connectivity index (χ2v) is 9.03. The van der Waals surface area contributed by atoms with Crippen molar-refractivity contribution in [1.29, 1.82) is 0 Å². The molecule has 2 heterocycles. The van der Waals surface area contributed by atoms with Gasteiger partial charge in [0, 0.05) is 34.4 Å². The fourth-order valence-electron chi connectivity index (χ4n) is 4.19. The number of methoxy groups -OCH3 is 1. The maximum Gasteiger partial charge on any atom is 0.416 e. The number of thiophene rings is 1. The number of benzene rings is 2. The van der Waals surface area contributed by atoms with E-state index in [2.05, 4.69) is 5.18 Å². The second kappa shape index (κ2) is 9.17. The van der Waals surface area contributed by atoms with Crippen molar-refractivity contribution in [3.63, 3.8) is 0 Å². The maximum absolute atomic E-state index is 13.9. The van der Waals surface area contributed by atoms with E-state index in [4.69, 9.17) is 9.47 Å². The van der Waals surface area contributed by atoms with Crippen LogP contribution >= 0.6 is 11.3 Å². The number of halogens is 3. The maximum atomic E-state index is 13.9. The molecule has 1 saturated heterocycles. The third kappa shape index (κ3) is 4.79. The van der Waals surface area contributed by atoms with Crippen LogP contribution in [0.5, 0.6) is 5.75 Å². The van der Waals surface area contributed by atoms with Crippen molar-refractivity contribution in [2.24, 2.45) is 5.18 Å². The largest absolute Gasteiger partial charge is 0.496 e. The molecular weight excluding hydrogens is 443 g/mol. The molecule has 0 amide bonds. The zero-order chi connectivity index (χ0) is 22.9. The lowest BCUT2D eigenvalue weighted by Gasteiger charge is -2.33. The lowest BCUT2D eigenvalue weighted by Crippen LogP contribution is -2.33. The highest BCUT2D eigenvalue weighted by atomic mass is 32.1. The van der Waals surface area contributed by atoms with Crippen molar-refractivity contribution in [2.75, 3.05) is 13.7 Å². The van der Waals surface area contributed by atoms with Gasteiger partial charge in [0.05, 0.1) is 31.0 Å². The Morgan fingerprint density at radius 3 is 2.69 bits per heavy atom. The van der Waals surface area contributed by atoms with Gasteiger partial charge in [0.15, 0.2) is 0 Å². The van der Waals surface area contributed by atoms with Crippen LogP contribution in [0, 0.1) is 4.91 Å². The van der Waals surface area contributed by atoms with Gasteiger partial charge in [0.25, 0.3) is 0 Å². The van der Waals surface area contributed by atoms with E-state index in [0.717, 1.165) is 21.0 Å². The summed E-state index contributed by atoms with van der Waals surface area (Å²) in [7, 11) is 1.30. The van der Waals surface area contributed by atoms with Crippen LogP contribution in [-0.2, 0) is 17.3 Å². The molecule has 4 rings (SSSR count). The fraction of sp³-hybridized carbons (Fsp3) is 0.391. The average Bonchev–Trinajstić information content (AvgIpc) is 3.15. The number of rotatable bonds is 6. The number of ether oxygens (including phenoxy) is 2. The van der Waals surface area contributed by atoms with Gasteiger partial charge in [-0.3, -0.25) is 0 Å². The number of fused-ring (bicyclic) bond motifs is 1. The zero-order valence-electron chi connectivity index (χ0n) is 17.3. The van der Waals surface area contributed by atoms with Gasteiger partial charge in [-0.2, -0.15) is 18.1 Å². The van der Waals surface area contributed by atoms with E-state index >= 15 is 0 Å². The van der Waals surface area contributed by atoms with Gasteiger partial charge in [-0.05, 0) is 35.2 Å². The van der Waals surface area contributed by atoms with Gasteiger partial charge in [-0.25, -0.2) is 0 Å². The molecule has 0 bridgehead atoms. The van der Waals surface area contributed by atoms with Crippen LogP contribution < -0.4 is 4.74 Å². The first-order valence-electron chi connectivity index (χ1n) is 10.2. The van der Waals surface area contributed by atoms with Gasteiger partial charge in [0.1, 0.15) is 12.3 Å². The minimum absolute atomic E-state index is 0.0364. The highest BCUT2D eigenvalue weighted by molar-refractivity contribution is 7.19. The first-order chi connectivity index (χ1) is 15.3. The van der Waals surface area contributed by atoms with E-state index in [1.54, 1.807) is 0 Å². The zero-order valence-corrected chi connectivity index (χ0v) is 18.1. The van der Waals surface area contributed by atoms with Gasteiger partial charge < -0.3 is 14.6 Å². The van der Waals surface area contributed by atoms with Crippen LogP contribution in [0.15, 0.2) is 47.6 Å². The summed E-state index contributed by atoms with van der Waals surface area (Å²) < 4.78 is 53.9. The summed E-state index contributed by atoms with van der Waals surface area (Å²) in [5.41, 5.74) is -0.238. The summed E-state index contributed by atoms with van der Waals surface area (Å²) in [5.74, 6) is 0.0364. The average molecular weight is 465 g/mol. The third-order valence-corrected chi connectivity index (χ3v) is 6.72. The molecule has 1 aromatic heterocycles. The molecule has 0 saturated carbocycles. The Morgan fingerprint density at radius 2 is 2.00 bits per heavy atom. The first kappa shape index (κ1) is 22.7. The molecule has 1 N–H and O–H groups in total. The Morgan fingerprint density at radius 1 is 1.22 bits per heavy atom. The molecule has 0 radical (unpaired) electrons. The molecule has 3 unspecified atom stereocenters. The van der Waals surface area contributed by atoms with E-state index in [0.29, 0.717) is 5.56 Å². The quantitative estimate of drug-likeness (QED) is 0.463. The fourth-order valence-corrected chi connectivity index (χ4v) is 5.27. The van der Waals surface area contributed by atoms with Crippen LogP contribution in [0.25, 0.3) is 10.1 Å². The molecule has 0 spiro atoms. The van der Waals surface area contributed by atoms with Gasteiger partial charge in [0.2, 0.25) is 0 Å². The van der Waals surface area contributed by atoms with E-state index in [-0.39, 0.29) is 37.1 Å². The highest BCUT2D eigenvalue weighted by Crippen LogP contribution is 2.43. The lowest BCUT2D eigenvalue weighted by molar-refractivity contribution is -0.138. The number of aliphatic hydroxyl groups is 1. The highest BCUT2D eigenvalue weighted by Gasteiger charge is 2.37. The molecule has 32 heavy (non-hydrogen) atoms. The van der Waals surface area contributed by atoms with Crippen LogP contribution in [0.1, 0.15) is 40.5 Å². The Kier molecular flexibility index (Phi) is 6.50. The molecule has 2 aromatic carbocycles. The van der Waals surface area contributed by atoms with Crippen LogP contribution in [0.4, 0.5) is 13.2 Å². The minimum atomic E-state index is -4.56. The number of hydrogen-bond donors (Lipinski definition) is 1. The van der Waals surface area contributed by atoms with Crippen LogP contribution in [-0.4, -0.2) is 31.0 Å². The number of nitrogens with zero attached hydrogens (tertiary/aromatic N) is 1. The van der Waals surface area contributed by atoms with E-state index < -0.39 is 30.1 Å². The minimum Gasteiger partial charge on any atom is -0.496 e. The summed E-state index contributed by atoms with van der Waals surface area (Å²) in [6.45, 7) is -0.134. The second-order valence-electron chi connectivity index (χ2n) is 7.86. The third-order valence-electron chi connectivity index (χ3n) is 5.61. The number of alkyl halides is 3. The van der Waals surface area contributed by atoms with Gasteiger partial charge in [-0.15, -0.1) is 11.3 Å². The normalized spacial score (nSPS) is 21.6. The van der Waals surface area contributed by atoms with Gasteiger partial charge in [-0.1, -0.05) is 23.4 Å². The predicted molar refractivity (Wildman–Crippen MR) is 116 cm³/mol. The van der Waals surface area contributed by atoms with Crippen molar-refractivity contribution >= 4 is 21.4 Å². The van der Waals surface area contributed by atoms with Crippen LogP contribution in [0.2, 0.25) is 0 Å². The topological polar surface area (TPSA) is 68.1 Å². The number of hydrogen-bond acceptors (Lipinski definition) is 6. The summed E-state index contributed by atoms with van der Waals surface area (Å²) in [5, 5.41) is 14.1. The molecule has 1 aliphatic rings. The van der Waals surface area contributed by atoms with E-state index in [1.165, 1.54) is 24.5 Å². The molecule has 3 atom stereocenters. The van der Waals surface area contributed by atoms with Crippen molar-refractivity contribution in [2.45, 2.75) is 43.8 Å². The molecule has 3 aromatic rings. The smallest absolute Gasteiger partial charge is 0.416 e. The number of aliphatic hydroxyl groups excluding tert-OH is 1. The predicted octanol–water partition coefficient (Wildman–Crippen LogP) is 5.87. The molecule has 9 heteroatoms. The monoisotopic (exact) mass is 465 g/mol. The van der Waals surface area contributed by atoms with E-state index in [1.807, 2.05) is 30.3 Å². The van der Waals surface area contributed by atoms with Crippen LogP contribution in [0.3, 0.4) is 0 Å². The number of nitroso groups, excluding NO2 is 1. The van der Waals surface area contributed by atoms with Crippen molar-refractivity contribution in [3.05, 3.63) is 68.9 Å². The Labute approximate surface area is 186 Å². The summed E-state index contributed by atoms with van der Waals surface area (Å²) >= 11 is 1.45. The Balaban J connectivity index is 1.76. The summed E-state index contributed by atoms with van der Waals surface area (Å²) in [6, 6.07) is 12.0. The first-order valence-corrected chi connectivity index (χ1v) is 11.0. The lowest BCUT2D eigenvalue weighted by atomic mass is 9.91. The van der Waals surface area contributed by atoms with Crippen molar-refractivity contribution < 1.29 is 27.8 Å². The van der Waals surface area contributed by atoms with E-state index in [9.17, 15) is 23.2 Å². The van der Waals surface area contributed by atoms with Crippen molar-refractivity contribution in [1.82, 2.24) is 0 Å². The van der Waals surface area contributed by atoms with Gasteiger partial charge >= 0.3 is 6.18 Å². The standard InChI is InChI=1S/C23H22F3NO4S/c1-30-20-11-19(23(24,25)26)14(7-17-6-13-4-2-3-5-22(13)32-17)8-18(20)21-10-15(28)9-16(31-21)12-27-29/h2-6,8,11,15-16,21,28H,7,9-10,12H2,1H3. The molecule has 1 aliphatic heterocycles. The summed E-state index contributed by atoms with van der Waals surface area (Å²) in [4.78, 5) is 11.5. The Bertz CT molecular complexity index is 1080. The molecular formula is C23H22F3NO4S. The molecule has 170 valence electrons. The molecule has 1 fully saturated rings.